The molecule has 0 aliphatic carbocycles. The molecule has 0 aromatic carbocycles. The number of nitrogens with zero attached hydrogens (tertiary/aromatic N) is 3. The Kier molecular flexibility index (Phi) is 4.00. The van der Waals surface area contributed by atoms with Crippen LogP contribution in [0.4, 0.5) is 0 Å². The lowest BCUT2D eigenvalue weighted by atomic mass is 10.0. The third-order valence-electron chi connectivity index (χ3n) is 3.98. The number of aliphatic hydroxyl groups is 1. The lowest BCUT2D eigenvalue weighted by molar-refractivity contribution is -0.129. The van der Waals surface area contributed by atoms with E-state index in [9.17, 15) is 9.90 Å². The molecule has 1 atom stereocenters. The minimum atomic E-state index is -0.316. The summed E-state index contributed by atoms with van der Waals surface area (Å²) in [4.78, 5) is 18.0. The predicted octanol–water partition coefficient (Wildman–Crippen LogP) is 2.67. The largest absolute Gasteiger partial charge is 0.503 e. The van der Waals surface area contributed by atoms with Crippen LogP contribution in [0, 0.1) is 0 Å². The standard InChI is InChI=1S/C16H19N3O3/c1-2-12-14(13-5-3-10-22-13)19(16(21)15(12)20)8-4-7-18-9-6-17-11-18/h3,5-6,9-11,14,20H,2,4,7-8H2,1H3. The van der Waals surface area contributed by atoms with Gasteiger partial charge in [-0.1, -0.05) is 6.92 Å². The fourth-order valence-corrected chi connectivity index (χ4v) is 2.91. The fourth-order valence-electron chi connectivity index (χ4n) is 2.91. The molecule has 1 N–H and O–H groups in total. The molecular weight excluding hydrogens is 282 g/mol. The summed E-state index contributed by atoms with van der Waals surface area (Å²) in [6.45, 7) is 3.26. The van der Waals surface area contributed by atoms with Gasteiger partial charge in [0.2, 0.25) is 0 Å². The van der Waals surface area contributed by atoms with Gasteiger partial charge in [-0.2, -0.15) is 0 Å². The van der Waals surface area contributed by atoms with Crippen molar-refractivity contribution >= 4 is 5.91 Å². The average Bonchev–Trinajstić information content (AvgIpc) is 3.24. The summed E-state index contributed by atoms with van der Waals surface area (Å²) in [7, 11) is 0. The number of carbonyl (C=O) groups is 1. The normalized spacial score (nSPS) is 18.5. The summed E-state index contributed by atoms with van der Waals surface area (Å²) in [6, 6.07) is 3.34. The Bertz CT molecular complexity index is 659. The molecule has 2 aromatic rings. The fraction of sp³-hybridized carbons (Fsp3) is 0.375. The molecule has 6 heteroatoms. The van der Waals surface area contributed by atoms with Crippen LogP contribution in [0.5, 0.6) is 0 Å². The van der Waals surface area contributed by atoms with E-state index in [4.69, 9.17) is 4.42 Å². The number of furan rings is 1. The number of hydrogen-bond donors (Lipinski definition) is 1. The average molecular weight is 301 g/mol. The molecule has 0 saturated carbocycles. The quantitative estimate of drug-likeness (QED) is 0.890. The Morgan fingerprint density at radius 3 is 2.91 bits per heavy atom. The van der Waals surface area contributed by atoms with Crippen LogP contribution < -0.4 is 0 Å². The molecule has 0 fully saturated rings. The first-order valence-corrected chi connectivity index (χ1v) is 7.44. The second kappa shape index (κ2) is 6.09. The number of aromatic nitrogens is 2. The van der Waals surface area contributed by atoms with Gasteiger partial charge in [0.1, 0.15) is 11.8 Å². The summed E-state index contributed by atoms with van der Waals surface area (Å²) in [5, 5.41) is 10.1. The molecule has 6 nitrogen and oxygen atoms in total. The summed E-state index contributed by atoms with van der Waals surface area (Å²) in [6.07, 6.45) is 8.36. The van der Waals surface area contributed by atoms with Gasteiger partial charge in [-0.25, -0.2) is 4.98 Å². The van der Waals surface area contributed by atoms with E-state index in [2.05, 4.69) is 4.98 Å². The maximum Gasteiger partial charge on any atom is 0.289 e. The van der Waals surface area contributed by atoms with Gasteiger partial charge >= 0.3 is 0 Å². The van der Waals surface area contributed by atoms with Crippen molar-refractivity contribution in [3.05, 3.63) is 54.2 Å². The van der Waals surface area contributed by atoms with Crippen molar-refractivity contribution in [1.82, 2.24) is 14.5 Å². The van der Waals surface area contributed by atoms with Gasteiger partial charge in [0.25, 0.3) is 5.91 Å². The smallest absolute Gasteiger partial charge is 0.289 e. The van der Waals surface area contributed by atoms with E-state index in [0.717, 1.165) is 18.5 Å². The summed E-state index contributed by atoms with van der Waals surface area (Å²) in [5.41, 5.74) is 0.725. The van der Waals surface area contributed by atoms with Crippen LogP contribution >= 0.6 is 0 Å². The minimum absolute atomic E-state index is 0.133. The monoisotopic (exact) mass is 301 g/mol. The van der Waals surface area contributed by atoms with Crippen molar-refractivity contribution < 1.29 is 14.3 Å². The van der Waals surface area contributed by atoms with Crippen molar-refractivity contribution in [2.75, 3.05) is 6.54 Å². The second-order valence-corrected chi connectivity index (χ2v) is 5.30. The van der Waals surface area contributed by atoms with Crippen molar-refractivity contribution in [3.8, 4) is 0 Å². The molecule has 0 spiro atoms. The lowest BCUT2D eigenvalue weighted by Gasteiger charge is -2.25. The topological polar surface area (TPSA) is 71.5 Å². The van der Waals surface area contributed by atoms with Crippen LogP contribution in [-0.4, -0.2) is 32.0 Å². The Hall–Kier alpha value is -2.50. The summed E-state index contributed by atoms with van der Waals surface area (Å²) < 4.78 is 7.44. The zero-order chi connectivity index (χ0) is 15.5. The first-order valence-electron chi connectivity index (χ1n) is 7.44. The summed E-state index contributed by atoms with van der Waals surface area (Å²) in [5.74, 6) is 0.243. The Labute approximate surface area is 128 Å². The highest BCUT2D eigenvalue weighted by molar-refractivity contribution is 5.95. The zero-order valence-electron chi connectivity index (χ0n) is 12.5. The maximum absolute atomic E-state index is 12.3. The molecule has 3 heterocycles. The molecule has 3 rings (SSSR count). The molecular formula is C16H19N3O3. The van der Waals surface area contributed by atoms with Crippen molar-refractivity contribution in [1.29, 1.82) is 0 Å². The van der Waals surface area contributed by atoms with Gasteiger partial charge in [-0.05, 0) is 25.0 Å². The number of hydrogen-bond acceptors (Lipinski definition) is 4. The second-order valence-electron chi connectivity index (χ2n) is 5.30. The minimum Gasteiger partial charge on any atom is -0.503 e. The van der Waals surface area contributed by atoms with Crippen LogP contribution in [0.2, 0.25) is 0 Å². The van der Waals surface area contributed by atoms with Gasteiger partial charge in [0.15, 0.2) is 5.76 Å². The van der Waals surface area contributed by atoms with E-state index in [1.807, 2.05) is 23.8 Å². The van der Waals surface area contributed by atoms with Crippen LogP contribution in [0.25, 0.3) is 0 Å². The molecule has 1 amide bonds. The molecule has 2 aromatic heterocycles. The number of imidazole rings is 1. The van der Waals surface area contributed by atoms with Crippen LogP contribution in [0.1, 0.15) is 31.6 Å². The number of rotatable bonds is 6. The lowest BCUT2D eigenvalue weighted by Crippen LogP contribution is -2.31. The van der Waals surface area contributed by atoms with Crippen molar-refractivity contribution in [2.24, 2.45) is 0 Å². The molecule has 1 aliphatic rings. The van der Waals surface area contributed by atoms with Gasteiger partial charge in [-0.15, -0.1) is 0 Å². The third kappa shape index (κ3) is 2.52. The van der Waals surface area contributed by atoms with E-state index in [1.54, 1.807) is 29.8 Å². The molecule has 116 valence electrons. The number of carbonyl (C=O) groups excluding carboxylic acids is 1. The molecule has 0 saturated heterocycles. The first kappa shape index (κ1) is 14.4. The Balaban J connectivity index is 1.75. The third-order valence-corrected chi connectivity index (χ3v) is 3.98. The van der Waals surface area contributed by atoms with E-state index in [1.165, 1.54) is 0 Å². The van der Waals surface area contributed by atoms with Gasteiger partial charge in [0, 0.05) is 31.1 Å². The Morgan fingerprint density at radius 2 is 2.27 bits per heavy atom. The van der Waals surface area contributed by atoms with E-state index >= 15 is 0 Å². The highest BCUT2D eigenvalue weighted by Gasteiger charge is 2.40. The van der Waals surface area contributed by atoms with Gasteiger partial charge in [-0.3, -0.25) is 4.79 Å². The number of aliphatic hydroxyl groups excluding tert-OH is 1. The highest BCUT2D eigenvalue weighted by atomic mass is 16.3. The van der Waals surface area contributed by atoms with Gasteiger partial charge < -0.3 is 19.0 Å². The SMILES string of the molecule is CCC1=C(O)C(=O)N(CCCn2ccnc2)C1c1ccco1. The maximum atomic E-state index is 12.3. The van der Waals surface area contributed by atoms with E-state index < -0.39 is 0 Å². The van der Waals surface area contributed by atoms with Crippen LogP contribution in [0.15, 0.2) is 52.9 Å². The molecule has 1 unspecified atom stereocenters. The van der Waals surface area contributed by atoms with Crippen LogP contribution in [-0.2, 0) is 11.3 Å². The number of aryl methyl sites for hydroxylation is 1. The van der Waals surface area contributed by atoms with Crippen molar-refractivity contribution in [2.45, 2.75) is 32.4 Å². The molecule has 1 aliphatic heterocycles. The van der Waals surface area contributed by atoms with Crippen LogP contribution in [0.3, 0.4) is 0 Å². The first-order chi connectivity index (χ1) is 10.7. The summed E-state index contributed by atoms with van der Waals surface area (Å²) >= 11 is 0. The predicted molar refractivity (Wildman–Crippen MR) is 80.0 cm³/mol. The van der Waals surface area contributed by atoms with E-state index in [-0.39, 0.29) is 17.7 Å². The molecule has 0 bridgehead atoms. The molecule has 22 heavy (non-hydrogen) atoms. The van der Waals surface area contributed by atoms with Gasteiger partial charge in [0.05, 0.1) is 12.6 Å². The number of amides is 1. The van der Waals surface area contributed by atoms with E-state index in [0.29, 0.717) is 18.7 Å². The molecule has 0 radical (unpaired) electrons. The Morgan fingerprint density at radius 1 is 1.41 bits per heavy atom. The zero-order valence-corrected chi connectivity index (χ0v) is 12.5. The highest BCUT2D eigenvalue weighted by Crippen LogP contribution is 2.38. The van der Waals surface area contributed by atoms with Crippen molar-refractivity contribution in [3.63, 3.8) is 0 Å².